The van der Waals surface area contributed by atoms with E-state index >= 15 is 0 Å². The summed E-state index contributed by atoms with van der Waals surface area (Å²) in [6, 6.07) is 9.00. The SMILES string of the molecule is O=c1ccccn1-c1ccc(N[C@H]2CC[C@H](Nc3ncc4c(n3)C(F)(F)CC4)C2)nc1. The zero-order valence-corrected chi connectivity index (χ0v) is 16.8. The molecule has 0 radical (unpaired) electrons. The lowest BCUT2D eigenvalue weighted by molar-refractivity contribution is -0.00588. The molecule has 160 valence electrons. The third-order valence-corrected chi connectivity index (χ3v) is 5.89. The van der Waals surface area contributed by atoms with Crippen molar-refractivity contribution in [2.45, 2.75) is 50.1 Å². The van der Waals surface area contributed by atoms with Gasteiger partial charge in [-0.05, 0) is 49.4 Å². The number of rotatable bonds is 5. The third kappa shape index (κ3) is 3.99. The zero-order chi connectivity index (χ0) is 21.4. The molecule has 3 heterocycles. The molecule has 9 heteroatoms. The lowest BCUT2D eigenvalue weighted by Gasteiger charge is -2.16. The number of halogens is 2. The van der Waals surface area contributed by atoms with E-state index in [1.807, 2.05) is 12.1 Å². The normalized spacial score (nSPS) is 21.6. The average molecular weight is 424 g/mol. The standard InChI is InChI=1S/C22H22F2N6O/c23-22(24)9-8-14-12-26-21(29-20(14)22)28-16-5-4-15(11-16)27-18-7-6-17(13-25-18)30-10-2-1-3-19(30)31/h1-3,6-7,10,12-13,15-16H,4-5,8-9,11H2,(H,25,27)(H,26,28,29)/t15-,16-/m0/s1. The summed E-state index contributed by atoms with van der Waals surface area (Å²) in [6.07, 6.45) is 7.61. The van der Waals surface area contributed by atoms with Gasteiger partial charge in [0.15, 0.2) is 0 Å². The van der Waals surface area contributed by atoms with Gasteiger partial charge in [-0.1, -0.05) is 6.07 Å². The van der Waals surface area contributed by atoms with Crippen LogP contribution in [-0.2, 0) is 12.3 Å². The quantitative estimate of drug-likeness (QED) is 0.652. The van der Waals surface area contributed by atoms with E-state index in [1.54, 1.807) is 24.5 Å². The predicted molar refractivity (Wildman–Crippen MR) is 113 cm³/mol. The maximum Gasteiger partial charge on any atom is 0.290 e. The highest BCUT2D eigenvalue weighted by Gasteiger charge is 2.41. The second kappa shape index (κ2) is 7.72. The Morgan fingerprint density at radius 2 is 1.87 bits per heavy atom. The van der Waals surface area contributed by atoms with Gasteiger partial charge in [0.05, 0.1) is 11.9 Å². The van der Waals surface area contributed by atoms with Crippen LogP contribution in [0.1, 0.15) is 36.9 Å². The lowest BCUT2D eigenvalue weighted by Crippen LogP contribution is -2.23. The third-order valence-electron chi connectivity index (χ3n) is 5.89. The van der Waals surface area contributed by atoms with Crippen molar-refractivity contribution >= 4 is 11.8 Å². The van der Waals surface area contributed by atoms with Crippen molar-refractivity contribution in [3.05, 3.63) is 70.5 Å². The van der Waals surface area contributed by atoms with Gasteiger partial charge in [-0.15, -0.1) is 0 Å². The summed E-state index contributed by atoms with van der Waals surface area (Å²) in [5, 5.41) is 6.61. The van der Waals surface area contributed by atoms with E-state index in [0.717, 1.165) is 25.1 Å². The fourth-order valence-electron chi connectivity index (χ4n) is 4.28. The first-order valence-electron chi connectivity index (χ1n) is 10.4. The highest BCUT2D eigenvalue weighted by Crippen LogP contribution is 2.40. The fourth-order valence-corrected chi connectivity index (χ4v) is 4.28. The average Bonchev–Trinajstić information content (AvgIpc) is 3.33. The van der Waals surface area contributed by atoms with E-state index in [9.17, 15) is 13.6 Å². The van der Waals surface area contributed by atoms with Gasteiger partial charge in [0.2, 0.25) is 5.95 Å². The van der Waals surface area contributed by atoms with Crippen LogP contribution in [0.2, 0.25) is 0 Å². The number of alkyl halides is 2. The highest BCUT2D eigenvalue weighted by molar-refractivity contribution is 5.42. The molecule has 1 saturated carbocycles. The van der Waals surface area contributed by atoms with E-state index in [2.05, 4.69) is 25.6 Å². The second-order valence-corrected chi connectivity index (χ2v) is 8.08. The van der Waals surface area contributed by atoms with Crippen LogP contribution in [0.25, 0.3) is 5.69 Å². The summed E-state index contributed by atoms with van der Waals surface area (Å²) in [4.78, 5) is 24.7. The smallest absolute Gasteiger partial charge is 0.290 e. The Balaban J connectivity index is 1.20. The zero-order valence-electron chi connectivity index (χ0n) is 16.8. The summed E-state index contributed by atoms with van der Waals surface area (Å²) in [5.41, 5.74) is 0.988. The van der Waals surface area contributed by atoms with Gasteiger partial charge in [0.25, 0.3) is 11.5 Å². The van der Waals surface area contributed by atoms with Crippen LogP contribution in [0.3, 0.4) is 0 Å². The molecule has 2 N–H and O–H groups in total. The number of fused-ring (bicyclic) bond motifs is 1. The number of aryl methyl sites for hydroxylation is 1. The second-order valence-electron chi connectivity index (χ2n) is 8.08. The van der Waals surface area contributed by atoms with Gasteiger partial charge < -0.3 is 10.6 Å². The number of pyridine rings is 2. The van der Waals surface area contributed by atoms with Crippen LogP contribution in [0.5, 0.6) is 0 Å². The molecular weight excluding hydrogens is 402 g/mol. The largest absolute Gasteiger partial charge is 0.367 e. The summed E-state index contributed by atoms with van der Waals surface area (Å²) >= 11 is 0. The van der Waals surface area contributed by atoms with Crippen molar-refractivity contribution in [3.8, 4) is 5.69 Å². The summed E-state index contributed by atoms with van der Waals surface area (Å²) in [7, 11) is 0. The molecule has 2 atom stereocenters. The van der Waals surface area contributed by atoms with Crippen molar-refractivity contribution in [3.63, 3.8) is 0 Å². The van der Waals surface area contributed by atoms with E-state index in [0.29, 0.717) is 17.7 Å². The van der Waals surface area contributed by atoms with Crippen molar-refractivity contribution in [1.29, 1.82) is 0 Å². The number of hydrogen-bond donors (Lipinski definition) is 2. The van der Waals surface area contributed by atoms with E-state index in [1.165, 1.54) is 16.8 Å². The molecule has 0 aliphatic heterocycles. The van der Waals surface area contributed by atoms with Gasteiger partial charge in [0.1, 0.15) is 11.5 Å². The maximum atomic E-state index is 13.9. The van der Waals surface area contributed by atoms with Gasteiger partial charge >= 0.3 is 0 Å². The van der Waals surface area contributed by atoms with Crippen LogP contribution in [0, 0.1) is 0 Å². The molecule has 3 aromatic rings. The molecule has 5 rings (SSSR count). The number of aromatic nitrogens is 4. The van der Waals surface area contributed by atoms with Crippen LogP contribution in [-0.4, -0.2) is 31.6 Å². The number of hydrogen-bond acceptors (Lipinski definition) is 6. The molecule has 1 fully saturated rings. The summed E-state index contributed by atoms with van der Waals surface area (Å²) in [5.74, 6) is -1.87. The molecule has 3 aromatic heterocycles. The maximum absolute atomic E-state index is 13.9. The predicted octanol–water partition coefficient (Wildman–Crippen LogP) is 3.51. The van der Waals surface area contributed by atoms with Crippen molar-refractivity contribution in [1.82, 2.24) is 19.5 Å². The first kappa shape index (κ1) is 19.6. The Morgan fingerprint density at radius 1 is 1.03 bits per heavy atom. The fraction of sp³-hybridized carbons (Fsp3) is 0.364. The van der Waals surface area contributed by atoms with Crippen LogP contribution >= 0.6 is 0 Å². The van der Waals surface area contributed by atoms with Gasteiger partial charge in [-0.2, -0.15) is 8.78 Å². The Hall–Kier alpha value is -3.36. The number of nitrogens with zero attached hydrogens (tertiary/aromatic N) is 4. The molecular formula is C22H22F2N6O. The van der Waals surface area contributed by atoms with Crippen molar-refractivity contribution < 1.29 is 8.78 Å². The first-order chi connectivity index (χ1) is 15.0. The Labute approximate surface area is 177 Å². The minimum absolute atomic E-state index is 0.104. The Kier molecular flexibility index (Phi) is 4.88. The van der Waals surface area contributed by atoms with E-state index in [-0.39, 0.29) is 35.7 Å². The Bertz CT molecular complexity index is 1150. The Morgan fingerprint density at radius 3 is 2.65 bits per heavy atom. The highest BCUT2D eigenvalue weighted by atomic mass is 19.3. The molecule has 0 saturated heterocycles. The van der Waals surface area contributed by atoms with Gasteiger partial charge in [-0.25, -0.2) is 15.0 Å². The molecule has 0 bridgehead atoms. The van der Waals surface area contributed by atoms with Gasteiger partial charge in [0, 0.05) is 37.0 Å². The molecule has 0 unspecified atom stereocenters. The van der Waals surface area contributed by atoms with Gasteiger partial charge in [-0.3, -0.25) is 9.36 Å². The number of nitrogens with one attached hydrogen (secondary N) is 2. The molecule has 2 aliphatic rings. The molecule has 7 nitrogen and oxygen atoms in total. The van der Waals surface area contributed by atoms with Crippen LogP contribution in [0.15, 0.2) is 53.7 Å². The minimum Gasteiger partial charge on any atom is -0.367 e. The topological polar surface area (TPSA) is 84.7 Å². The minimum atomic E-state index is -2.86. The van der Waals surface area contributed by atoms with E-state index < -0.39 is 5.92 Å². The van der Waals surface area contributed by atoms with Crippen molar-refractivity contribution in [2.75, 3.05) is 10.6 Å². The monoisotopic (exact) mass is 424 g/mol. The first-order valence-corrected chi connectivity index (χ1v) is 10.4. The van der Waals surface area contributed by atoms with Crippen LogP contribution in [0.4, 0.5) is 20.5 Å². The van der Waals surface area contributed by atoms with Crippen molar-refractivity contribution in [2.24, 2.45) is 0 Å². The molecule has 0 amide bonds. The van der Waals surface area contributed by atoms with Crippen LogP contribution < -0.4 is 16.2 Å². The summed E-state index contributed by atoms with van der Waals surface area (Å²) in [6.45, 7) is 0. The number of anilines is 2. The molecule has 31 heavy (non-hydrogen) atoms. The van der Waals surface area contributed by atoms with E-state index in [4.69, 9.17) is 0 Å². The molecule has 0 spiro atoms. The summed E-state index contributed by atoms with van der Waals surface area (Å²) < 4.78 is 29.4. The molecule has 0 aromatic carbocycles. The lowest BCUT2D eigenvalue weighted by atomic mass is 10.2. The molecule has 2 aliphatic carbocycles.